The van der Waals surface area contributed by atoms with E-state index in [0.717, 1.165) is 10.2 Å². The van der Waals surface area contributed by atoms with E-state index >= 15 is 0 Å². The van der Waals surface area contributed by atoms with Crippen molar-refractivity contribution in [2.45, 2.75) is 0 Å². The van der Waals surface area contributed by atoms with E-state index in [1.807, 2.05) is 24.3 Å². The molecule has 1 aliphatic heterocycles. The molecule has 0 bridgehead atoms. The number of anilines is 1. The van der Waals surface area contributed by atoms with Gasteiger partial charge in [-0.2, -0.15) is 5.01 Å². The van der Waals surface area contributed by atoms with Gasteiger partial charge in [0.25, 0.3) is 5.91 Å². The van der Waals surface area contributed by atoms with Crippen LogP contribution in [0, 0.1) is 0 Å². The molecule has 2 aromatic heterocycles. The standard InChI is InChI=1S/C21H11Cl2N3O2S3/c22-11-5-7-14(23)13(9-11)16-8-6-12(28-16)10-18-19(27)26(21(29)31-18)25-20-24-15-3-1-2-4-17(15)30-20/h1-10H,(H,24,25)/b18-10-. The number of carbonyl (C=O) groups excluding carboxylic acids is 1. The van der Waals surface area contributed by atoms with Crippen LogP contribution in [-0.4, -0.2) is 20.2 Å². The smallest absolute Gasteiger partial charge is 0.285 e. The number of nitrogens with zero attached hydrogens (tertiary/aromatic N) is 2. The summed E-state index contributed by atoms with van der Waals surface area (Å²) in [5, 5.41) is 2.99. The number of thiazole rings is 1. The van der Waals surface area contributed by atoms with Crippen LogP contribution in [0.3, 0.4) is 0 Å². The van der Waals surface area contributed by atoms with Gasteiger partial charge in [-0.25, -0.2) is 4.98 Å². The van der Waals surface area contributed by atoms with Gasteiger partial charge in [0.2, 0.25) is 5.13 Å². The molecule has 2 aromatic carbocycles. The van der Waals surface area contributed by atoms with Gasteiger partial charge in [-0.15, -0.1) is 0 Å². The van der Waals surface area contributed by atoms with Crippen molar-refractivity contribution >= 4 is 90.2 Å². The average Bonchev–Trinajstić information content (AvgIpc) is 3.44. The van der Waals surface area contributed by atoms with Crippen LogP contribution in [0.1, 0.15) is 5.76 Å². The molecule has 0 radical (unpaired) electrons. The third-order valence-electron chi connectivity index (χ3n) is 4.39. The summed E-state index contributed by atoms with van der Waals surface area (Å²) in [4.78, 5) is 17.8. The zero-order valence-electron chi connectivity index (χ0n) is 15.5. The number of halogens is 2. The minimum atomic E-state index is -0.270. The molecule has 0 spiro atoms. The second kappa shape index (κ2) is 8.29. The van der Waals surface area contributed by atoms with Gasteiger partial charge >= 0.3 is 0 Å². The summed E-state index contributed by atoms with van der Waals surface area (Å²) in [6, 6.07) is 16.5. The van der Waals surface area contributed by atoms with Crippen molar-refractivity contribution in [1.29, 1.82) is 0 Å². The summed E-state index contributed by atoms with van der Waals surface area (Å²) < 4.78 is 7.28. The van der Waals surface area contributed by atoms with Crippen molar-refractivity contribution < 1.29 is 9.21 Å². The molecule has 4 aromatic rings. The van der Waals surface area contributed by atoms with E-state index < -0.39 is 0 Å². The maximum Gasteiger partial charge on any atom is 0.285 e. The number of nitrogens with one attached hydrogen (secondary N) is 1. The van der Waals surface area contributed by atoms with E-state index in [1.165, 1.54) is 28.1 Å². The molecule has 154 valence electrons. The topological polar surface area (TPSA) is 58.4 Å². The van der Waals surface area contributed by atoms with Crippen LogP contribution in [0.15, 0.2) is 63.9 Å². The minimum absolute atomic E-state index is 0.270. The molecule has 31 heavy (non-hydrogen) atoms. The summed E-state index contributed by atoms with van der Waals surface area (Å²) in [5.41, 5.74) is 4.56. The Hall–Kier alpha value is -2.36. The lowest BCUT2D eigenvalue weighted by Gasteiger charge is -2.14. The highest BCUT2D eigenvalue weighted by Gasteiger charge is 2.33. The van der Waals surface area contributed by atoms with Crippen molar-refractivity contribution in [3.05, 3.63) is 75.3 Å². The summed E-state index contributed by atoms with van der Waals surface area (Å²) in [6.45, 7) is 0. The van der Waals surface area contributed by atoms with Gasteiger partial charge in [-0.1, -0.05) is 58.4 Å². The van der Waals surface area contributed by atoms with Gasteiger partial charge in [0.05, 0.1) is 20.1 Å². The number of aromatic nitrogens is 1. The molecule has 1 aliphatic rings. The Bertz CT molecular complexity index is 1350. The highest BCUT2D eigenvalue weighted by atomic mass is 35.5. The molecule has 0 atom stereocenters. The van der Waals surface area contributed by atoms with Crippen LogP contribution < -0.4 is 5.43 Å². The van der Waals surface area contributed by atoms with Crippen LogP contribution >= 0.6 is 58.5 Å². The highest BCUT2D eigenvalue weighted by molar-refractivity contribution is 8.26. The zero-order valence-corrected chi connectivity index (χ0v) is 19.4. The normalized spacial score (nSPS) is 15.4. The Morgan fingerprint density at radius 2 is 1.97 bits per heavy atom. The summed E-state index contributed by atoms with van der Waals surface area (Å²) in [6.07, 6.45) is 1.65. The number of benzene rings is 2. The fourth-order valence-electron chi connectivity index (χ4n) is 2.97. The molecule has 0 aliphatic carbocycles. The largest absolute Gasteiger partial charge is 0.457 e. The van der Waals surface area contributed by atoms with E-state index in [-0.39, 0.29) is 5.91 Å². The number of thiocarbonyl (C=S) groups is 1. The van der Waals surface area contributed by atoms with Gasteiger partial charge in [0.15, 0.2) is 4.32 Å². The fraction of sp³-hybridized carbons (Fsp3) is 0. The van der Waals surface area contributed by atoms with Crippen LogP contribution in [0.4, 0.5) is 5.13 Å². The first kappa shape index (κ1) is 20.5. The first-order valence-corrected chi connectivity index (χ1v) is 11.7. The number of carbonyl (C=O) groups is 1. The number of fused-ring (bicyclic) bond motifs is 1. The van der Waals surface area contributed by atoms with Gasteiger partial charge in [0, 0.05) is 16.7 Å². The lowest BCUT2D eigenvalue weighted by Crippen LogP contribution is -2.33. The van der Waals surface area contributed by atoms with Crippen LogP contribution in [0.5, 0.6) is 0 Å². The van der Waals surface area contributed by atoms with E-state index in [1.54, 1.807) is 36.4 Å². The minimum Gasteiger partial charge on any atom is -0.457 e. The number of thioether (sulfide) groups is 1. The van der Waals surface area contributed by atoms with E-state index in [9.17, 15) is 4.79 Å². The van der Waals surface area contributed by atoms with Crippen molar-refractivity contribution in [3.8, 4) is 11.3 Å². The monoisotopic (exact) mass is 503 g/mol. The summed E-state index contributed by atoms with van der Waals surface area (Å²) in [5.74, 6) is 0.793. The maximum absolute atomic E-state index is 12.9. The number of rotatable bonds is 4. The fourth-order valence-corrected chi connectivity index (χ4v) is 5.37. The second-order valence-corrected chi connectivity index (χ2v) is 9.99. The molecule has 10 heteroatoms. The molecular weight excluding hydrogens is 493 g/mol. The van der Waals surface area contributed by atoms with Gasteiger partial charge in [-0.3, -0.25) is 10.2 Å². The first-order chi connectivity index (χ1) is 15.0. The Labute approximate surface area is 200 Å². The lowest BCUT2D eigenvalue weighted by molar-refractivity contribution is -0.121. The maximum atomic E-state index is 12.9. The average molecular weight is 504 g/mol. The van der Waals surface area contributed by atoms with Crippen molar-refractivity contribution in [3.63, 3.8) is 0 Å². The number of hydrogen-bond donors (Lipinski definition) is 1. The van der Waals surface area contributed by atoms with E-state index in [0.29, 0.717) is 41.5 Å². The predicted octanol–water partition coefficient (Wildman–Crippen LogP) is 7.09. The molecular formula is C21H11Cl2N3O2S3. The van der Waals surface area contributed by atoms with Crippen LogP contribution in [-0.2, 0) is 4.79 Å². The van der Waals surface area contributed by atoms with Crippen molar-refractivity contribution in [2.75, 3.05) is 5.43 Å². The van der Waals surface area contributed by atoms with Gasteiger partial charge in [0.1, 0.15) is 11.5 Å². The lowest BCUT2D eigenvalue weighted by atomic mass is 10.2. The van der Waals surface area contributed by atoms with E-state index in [4.69, 9.17) is 39.8 Å². The number of amides is 1. The molecule has 1 N–H and O–H groups in total. The third kappa shape index (κ3) is 4.09. The Morgan fingerprint density at radius 3 is 2.81 bits per heavy atom. The number of furan rings is 1. The van der Waals surface area contributed by atoms with E-state index in [2.05, 4.69) is 10.4 Å². The van der Waals surface area contributed by atoms with Gasteiger partial charge < -0.3 is 4.42 Å². The molecule has 1 amide bonds. The number of para-hydroxylation sites is 1. The highest BCUT2D eigenvalue weighted by Crippen LogP contribution is 2.36. The third-order valence-corrected chi connectivity index (χ3v) is 7.20. The molecule has 5 rings (SSSR count). The predicted molar refractivity (Wildman–Crippen MR) is 132 cm³/mol. The first-order valence-electron chi connectivity index (χ1n) is 8.93. The SMILES string of the molecule is O=C1/C(=C/c2ccc(-c3cc(Cl)ccc3Cl)o2)SC(=S)N1Nc1nc2ccccc2s1. The molecule has 1 fully saturated rings. The van der Waals surface area contributed by atoms with Crippen LogP contribution in [0.25, 0.3) is 27.6 Å². The quantitative estimate of drug-likeness (QED) is 0.237. The zero-order chi connectivity index (χ0) is 21.5. The summed E-state index contributed by atoms with van der Waals surface area (Å²) in [7, 11) is 0. The number of hydrogen-bond acceptors (Lipinski definition) is 7. The molecule has 5 nitrogen and oxygen atoms in total. The molecule has 1 saturated heterocycles. The van der Waals surface area contributed by atoms with Gasteiger partial charge in [-0.05, 0) is 54.7 Å². The Balaban J connectivity index is 1.38. The van der Waals surface area contributed by atoms with Crippen molar-refractivity contribution in [1.82, 2.24) is 9.99 Å². The molecule has 3 heterocycles. The molecule has 0 unspecified atom stereocenters. The Morgan fingerprint density at radius 1 is 1.13 bits per heavy atom. The Kier molecular flexibility index (Phi) is 5.49. The number of hydrazine groups is 1. The second-order valence-electron chi connectivity index (χ2n) is 6.44. The van der Waals surface area contributed by atoms with Crippen molar-refractivity contribution in [2.24, 2.45) is 0 Å². The summed E-state index contributed by atoms with van der Waals surface area (Å²) >= 11 is 20.3. The van der Waals surface area contributed by atoms with Crippen LogP contribution in [0.2, 0.25) is 10.0 Å². The molecule has 0 saturated carbocycles.